The highest BCUT2D eigenvalue weighted by Crippen LogP contribution is 2.39. The zero-order chi connectivity index (χ0) is 10.8. The summed E-state index contributed by atoms with van der Waals surface area (Å²) in [6.07, 6.45) is 4.99. The predicted molar refractivity (Wildman–Crippen MR) is 60.1 cm³/mol. The summed E-state index contributed by atoms with van der Waals surface area (Å²) in [5.74, 6) is 1.49. The van der Waals surface area contributed by atoms with E-state index in [0.717, 1.165) is 5.56 Å². The van der Waals surface area contributed by atoms with Crippen LogP contribution in [0.1, 0.15) is 44.1 Å². The second-order valence-corrected chi connectivity index (χ2v) is 4.65. The van der Waals surface area contributed by atoms with E-state index in [4.69, 9.17) is 0 Å². The van der Waals surface area contributed by atoms with Gasteiger partial charge in [-0.15, -0.1) is 0 Å². The van der Waals surface area contributed by atoms with Crippen LogP contribution in [0.3, 0.4) is 0 Å². The standard InChI is InChI=1S/C13H18O2/c1-9-4-2-3-5-13(9)10-6-11(14)8-12(15)7-10/h6-9,13-15H,2-5H2,1H3. The third kappa shape index (κ3) is 2.25. The molecule has 2 nitrogen and oxygen atoms in total. The molecule has 0 heterocycles. The molecule has 1 saturated carbocycles. The van der Waals surface area contributed by atoms with Crippen LogP contribution in [-0.2, 0) is 0 Å². The van der Waals surface area contributed by atoms with Gasteiger partial charge in [0.15, 0.2) is 0 Å². The lowest BCUT2D eigenvalue weighted by atomic mass is 9.76. The summed E-state index contributed by atoms with van der Waals surface area (Å²) in [6, 6.07) is 4.95. The molecule has 0 radical (unpaired) electrons. The minimum absolute atomic E-state index is 0.169. The van der Waals surface area contributed by atoms with Crippen LogP contribution in [0.15, 0.2) is 18.2 Å². The van der Waals surface area contributed by atoms with Gasteiger partial charge in [0.25, 0.3) is 0 Å². The molecule has 2 rings (SSSR count). The van der Waals surface area contributed by atoms with Gasteiger partial charge in [-0.25, -0.2) is 0 Å². The molecule has 0 amide bonds. The van der Waals surface area contributed by atoms with Crippen LogP contribution < -0.4 is 0 Å². The highest BCUT2D eigenvalue weighted by Gasteiger charge is 2.23. The fourth-order valence-corrected chi connectivity index (χ4v) is 2.64. The molecule has 1 aromatic carbocycles. The first-order chi connectivity index (χ1) is 7.16. The number of phenolic OH excluding ortho intramolecular Hbond substituents is 2. The first kappa shape index (κ1) is 10.3. The smallest absolute Gasteiger partial charge is 0.119 e. The molecular weight excluding hydrogens is 188 g/mol. The molecule has 2 heteroatoms. The molecule has 2 atom stereocenters. The summed E-state index contributed by atoms with van der Waals surface area (Å²) in [7, 11) is 0. The fraction of sp³-hybridized carbons (Fsp3) is 0.538. The Morgan fingerprint density at radius 2 is 1.60 bits per heavy atom. The fourth-order valence-electron chi connectivity index (χ4n) is 2.64. The quantitative estimate of drug-likeness (QED) is 0.739. The van der Waals surface area contributed by atoms with E-state index in [-0.39, 0.29) is 11.5 Å². The van der Waals surface area contributed by atoms with Crippen LogP contribution in [0.4, 0.5) is 0 Å². The normalized spacial score (nSPS) is 26.5. The van der Waals surface area contributed by atoms with Gasteiger partial charge < -0.3 is 10.2 Å². The summed E-state index contributed by atoms with van der Waals surface area (Å²) in [5, 5.41) is 18.9. The van der Waals surface area contributed by atoms with Crippen molar-refractivity contribution < 1.29 is 10.2 Å². The van der Waals surface area contributed by atoms with E-state index in [9.17, 15) is 10.2 Å². The Labute approximate surface area is 90.6 Å². The van der Waals surface area contributed by atoms with Crippen LogP contribution in [0.5, 0.6) is 11.5 Å². The van der Waals surface area contributed by atoms with Gasteiger partial charge in [-0.3, -0.25) is 0 Å². The molecule has 0 spiro atoms. The minimum Gasteiger partial charge on any atom is -0.508 e. The van der Waals surface area contributed by atoms with Crippen molar-refractivity contribution in [3.05, 3.63) is 23.8 Å². The maximum absolute atomic E-state index is 9.45. The molecule has 1 aliphatic rings. The zero-order valence-electron chi connectivity index (χ0n) is 9.11. The summed E-state index contributed by atoms with van der Waals surface area (Å²) in [4.78, 5) is 0. The Morgan fingerprint density at radius 1 is 1.00 bits per heavy atom. The Balaban J connectivity index is 2.27. The van der Waals surface area contributed by atoms with Crippen LogP contribution in [0.25, 0.3) is 0 Å². The molecule has 1 aromatic rings. The third-order valence-electron chi connectivity index (χ3n) is 3.46. The van der Waals surface area contributed by atoms with Crippen molar-refractivity contribution in [2.24, 2.45) is 5.92 Å². The molecule has 1 fully saturated rings. The number of hydrogen-bond acceptors (Lipinski definition) is 2. The molecule has 82 valence electrons. The molecule has 0 saturated heterocycles. The van der Waals surface area contributed by atoms with Crippen LogP contribution >= 0.6 is 0 Å². The van der Waals surface area contributed by atoms with E-state index < -0.39 is 0 Å². The second kappa shape index (κ2) is 4.13. The Bertz CT molecular complexity index is 326. The maximum Gasteiger partial charge on any atom is 0.119 e. The van der Waals surface area contributed by atoms with Gasteiger partial charge >= 0.3 is 0 Å². The van der Waals surface area contributed by atoms with Gasteiger partial charge in [0, 0.05) is 6.07 Å². The predicted octanol–water partition coefficient (Wildman–Crippen LogP) is 3.39. The minimum atomic E-state index is 0.169. The molecule has 2 N–H and O–H groups in total. The van der Waals surface area contributed by atoms with Crippen molar-refractivity contribution in [3.8, 4) is 11.5 Å². The van der Waals surface area contributed by atoms with Crippen molar-refractivity contribution in [1.29, 1.82) is 0 Å². The first-order valence-electron chi connectivity index (χ1n) is 5.70. The number of phenols is 2. The molecule has 0 aromatic heterocycles. The van der Waals surface area contributed by atoms with E-state index in [1.54, 1.807) is 12.1 Å². The van der Waals surface area contributed by atoms with Gasteiger partial charge in [0.1, 0.15) is 11.5 Å². The molecule has 0 bridgehead atoms. The molecule has 2 unspecified atom stereocenters. The van der Waals surface area contributed by atoms with Crippen molar-refractivity contribution >= 4 is 0 Å². The molecule has 15 heavy (non-hydrogen) atoms. The number of benzene rings is 1. The van der Waals surface area contributed by atoms with Gasteiger partial charge in [-0.1, -0.05) is 26.2 Å². The first-order valence-corrected chi connectivity index (χ1v) is 5.70. The number of aromatic hydroxyl groups is 2. The van der Waals surface area contributed by atoms with Gasteiger partial charge in [0.2, 0.25) is 0 Å². The van der Waals surface area contributed by atoms with Gasteiger partial charge in [-0.2, -0.15) is 0 Å². The number of rotatable bonds is 1. The Hall–Kier alpha value is -1.18. The van der Waals surface area contributed by atoms with E-state index in [1.165, 1.54) is 31.7 Å². The lowest BCUT2D eigenvalue weighted by Crippen LogP contribution is -2.14. The second-order valence-electron chi connectivity index (χ2n) is 4.65. The van der Waals surface area contributed by atoms with E-state index in [1.807, 2.05) is 0 Å². The maximum atomic E-state index is 9.45. The highest BCUT2D eigenvalue weighted by molar-refractivity contribution is 5.38. The SMILES string of the molecule is CC1CCCCC1c1cc(O)cc(O)c1. The molecule has 1 aliphatic carbocycles. The Morgan fingerprint density at radius 3 is 2.20 bits per heavy atom. The van der Waals surface area contributed by atoms with Crippen LogP contribution in [0.2, 0.25) is 0 Å². The van der Waals surface area contributed by atoms with Crippen molar-refractivity contribution in [2.75, 3.05) is 0 Å². The summed E-state index contributed by atoms with van der Waals surface area (Å²) >= 11 is 0. The highest BCUT2D eigenvalue weighted by atomic mass is 16.3. The lowest BCUT2D eigenvalue weighted by molar-refractivity contribution is 0.328. The lowest BCUT2D eigenvalue weighted by Gasteiger charge is -2.29. The Kier molecular flexibility index (Phi) is 2.85. The zero-order valence-corrected chi connectivity index (χ0v) is 9.11. The monoisotopic (exact) mass is 206 g/mol. The third-order valence-corrected chi connectivity index (χ3v) is 3.46. The molecular formula is C13H18O2. The summed E-state index contributed by atoms with van der Waals surface area (Å²) < 4.78 is 0. The average Bonchev–Trinajstić information content (AvgIpc) is 2.16. The van der Waals surface area contributed by atoms with E-state index in [2.05, 4.69) is 6.92 Å². The van der Waals surface area contributed by atoms with Crippen LogP contribution in [-0.4, -0.2) is 10.2 Å². The van der Waals surface area contributed by atoms with E-state index in [0.29, 0.717) is 11.8 Å². The largest absolute Gasteiger partial charge is 0.508 e. The van der Waals surface area contributed by atoms with Crippen molar-refractivity contribution in [3.63, 3.8) is 0 Å². The number of hydrogen-bond donors (Lipinski definition) is 2. The van der Waals surface area contributed by atoms with Crippen molar-refractivity contribution in [2.45, 2.75) is 38.5 Å². The summed E-state index contributed by atoms with van der Waals surface area (Å²) in [5.41, 5.74) is 1.08. The average molecular weight is 206 g/mol. The van der Waals surface area contributed by atoms with Crippen molar-refractivity contribution in [1.82, 2.24) is 0 Å². The van der Waals surface area contributed by atoms with Crippen LogP contribution in [0, 0.1) is 5.92 Å². The van der Waals surface area contributed by atoms with Gasteiger partial charge in [-0.05, 0) is 36.0 Å². The van der Waals surface area contributed by atoms with Gasteiger partial charge in [0.05, 0.1) is 0 Å². The topological polar surface area (TPSA) is 40.5 Å². The molecule has 0 aliphatic heterocycles. The summed E-state index contributed by atoms with van der Waals surface area (Å²) in [6.45, 7) is 2.25. The van der Waals surface area contributed by atoms with E-state index >= 15 is 0 Å².